The predicted octanol–water partition coefficient (Wildman–Crippen LogP) is 6.79. The maximum absolute atomic E-state index is 5.01. The lowest BCUT2D eigenvalue weighted by molar-refractivity contribution is 0.838. The molecule has 0 saturated heterocycles. The Hall–Kier alpha value is -2.35. The van der Waals surface area contributed by atoms with Gasteiger partial charge in [0, 0.05) is 17.1 Å². The van der Waals surface area contributed by atoms with Crippen LogP contribution in [0, 0.1) is 41.5 Å². The van der Waals surface area contributed by atoms with Gasteiger partial charge < -0.3 is 5.32 Å². The topological polar surface area (TPSA) is 24.4 Å². The third-order valence-electron chi connectivity index (χ3n) is 5.07. The van der Waals surface area contributed by atoms with E-state index in [1.807, 2.05) is 0 Å². The van der Waals surface area contributed by atoms with E-state index >= 15 is 0 Å². The van der Waals surface area contributed by atoms with Gasteiger partial charge in [-0.3, -0.25) is 4.99 Å². The molecule has 1 aliphatic carbocycles. The predicted molar refractivity (Wildman–Crippen MR) is 114 cm³/mol. The molecule has 0 heterocycles. The highest BCUT2D eigenvalue weighted by atomic mass is 14.9. The number of nitrogens with zero attached hydrogens (tertiary/aromatic N) is 1. The summed E-state index contributed by atoms with van der Waals surface area (Å²) in [6, 6.07) is 8.92. The first kappa shape index (κ1) is 18.4. The summed E-state index contributed by atoms with van der Waals surface area (Å²) in [6.07, 6.45) is 5.52. The van der Waals surface area contributed by atoms with Crippen LogP contribution in [0.3, 0.4) is 0 Å². The third kappa shape index (κ3) is 4.07. The van der Waals surface area contributed by atoms with E-state index in [4.69, 9.17) is 4.99 Å². The van der Waals surface area contributed by atoms with Crippen LogP contribution in [0.2, 0.25) is 0 Å². The highest BCUT2D eigenvalue weighted by Crippen LogP contribution is 2.29. The summed E-state index contributed by atoms with van der Waals surface area (Å²) in [5.74, 6) is 0. The molecule has 3 rings (SSSR count). The number of anilines is 1. The second-order valence-electron chi connectivity index (χ2n) is 7.77. The van der Waals surface area contributed by atoms with Crippen LogP contribution in [0.15, 0.2) is 41.0 Å². The maximum Gasteiger partial charge on any atom is 0.0691 e. The van der Waals surface area contributed by atoms with Crippen molar-refractivity contribution < 1.29 is 0 Å². The average molecular weight is 347 g/mol. The summed E-state index contributed by atoms with van der Waals surface area (Å²) in [6.45, 7) is 13.0. The highest BCUT2D eigenvalue weighted by molar-refractivity contribution is 5.98. The average Bonchev–Trinajstić information content (AvgIpc) is 2.55. The van der Waals surface area contributed by atoms with E-state index in [0.717, 1.165) is 24.9 Å². The Morgan fingerprint density at radius 1 is 0.731 bits per heavy atom. The monoisotopic (exact) mass is 346 g/mol. The van der Waals surface area contributed by atoms with Gasteiger partial charge in [-0.15, -0.1) is 0 Å². The van der Waals surface area contributed by atoms with E-state index in [9.17, 15) is 0 Å². The van der Waals surface area contributed by atoms with Gasteiger partial charge >= 0.3 is 0 Å². The van der Waals surface area contributed by atoms with Crippen LogP contribution >= 0.6 is 0 Å². The lowest BCUT2D eigenvalue weighted by atomic mass is 9.99. The molecule has 2 aromatic carbocycles. The van der Waals surface area contributed by atoms with Crippen molar-refractivity contribution >= 4 is 17.1 Å². The number of allylic oxidation sites excluding steroid dienone is 2. The highest BCUT2D eigenvalue weighted by Gasteiger charge is 2.13. The summed E-state index contributed by atoms with van der Waals surface area (Å²) in [7, 11) is 0. The molecule has 0 amide bonds. The molecule has 2 heteroatoms. The number of benzene rings is 2. The zero-order chi connectivity index (χ0) is 18.8. The number of rotatable bonds is 3. The van der Waals surface area contributed by atoms with Gasteiger partial charge in [-0.2, -0.15) is 0 Å². The number of hydrogen-bond acceptors (Lipinski definition) is 2. The van der Waals surface area contributed by atoms with Crippen molar-refractivity contribution in [2.75, 3.05) is 5.32 Å². The summed E-state index contributed by atoms with van der Waals surface area (Å²) in [5.41, 5.74) is 12.6. The second-order valence-corrected chi connectivity index (χ2v) is 7.77. The molecule has 0 aromatic heterocycles. The Labute approximate surface area is 158 Å². The minimum absolute atomic E-state index is 1.05. The molecule has 2 nitrogen and oxygen atoms in total. The molecule has 136 valence electrons. The largest absolute Gasteiger partial charge is 0.358 e. The van der Waals surface area contributed by atoms with E-state index < -0.39 is 0 Å². The molecule has 26 heavy (non-hydrogen) atoms. The Morgan fingerprint density at radius 2 is 1.27 bits per heavy atom. The summed E-state index contributed by atoms with van der Waals surface area (Å²) >= 11 is 0. The molecular weight excluding hydrogens is 316 g/mol. The van der Waals surface area contributed by atoms with Crippen molar-refractivity contribution in [3.05, 3.63) is 69.4 Å². The van der Waals surface area contributed by atoms with Crippen molar-refractivity contribution in [1.29, 1.82) is 0 Å². The fourth-order valence-corrected chi connectivity index (χ4v) is 4.02. The van der Waals surface area contributed by atoms with Gasteiger partial charge in [-0.1, -0.05) is 35.4 Å². The number of aryl methyl sites for hydroxylation is 6. The minimum Gasteiger partial charge on any atom is -0.358 e. The van der Waals surface area contributed by atoms with Crippen molar-refractivity contribution in [2.45, 2.75) is 60.8 Å². The van der Waals surface area contributed by atoms with Crippen molar-refractivity contribution in [1.82, 2.24) is 0 Å². The molecule has 0 saturated carbocycles. The van der Waals surface area contributed by atoms with Crippen LogP contribution in [-0.2, 0) is 0 Å². The molecule has 0 spiro atoms. The Bertz CT molecular complexity index is 854. The van der Waals surface area contributed by atoms with E-state index in [1.165, 1.54) is 50.5 Å². The van der Waals surface area contributed by atoms with Gasteiger partial charge in [-0.05, 0) is 89.1 Å². The van der Waals surface area contributed by atoms with E-state index in [1.54, 1.807) is 0 Å². The number of nitrogens with one attached hydrogen (secondary N) is 1. The SMILES string of the molecule is Cc1cc(C)c(N=C2C=C(Nc3c(C)cc(C)cc3C)CCC2)c(C)c1. The van der Waals surface area contributed by atoms with E-state index in [-0.39, 0.29) is 0 Å². The van der Waals surface area contributed by atoms with Crippen LogP contribution in [0.1, 0.15) is 52.6 Å². The Morgan fingerprint density at radius 3 is 1.85 bits per heavy atom. The van der Waals surface area contributed by atoms with Gasteiger partial charge in [0.15, 0.2) is 0 Å². The molecule has 0 bridgehead atoms. The van der Waals surface area contributed by atoms with Crippen molar-refractivity contribution in [3.8, 4) is 0 Å². The summed E-state index contributed by atoms with van der Waals surface area (Å²) in [5, 5.41) is 3.68. The lowest BCUT2D eigenvalue weighted by Gasteiger charge is -2.20. The van der Waals surface area contributed by atoms with Crippen LogP contribution in [0.25, 0.3) is 0 Å². The zero-order valence-corrected chi connectivity index (χ0v) is 17.0. The molecule has 0 radical (unpaired) electrons. The summed E-state index contributed by atoms with van der Waals surface area (Å²) < 4.78 is 0. The van der Waals surface area contributed by atoms with E-state index in [2.05, 4.69) is 77.2 Å². The molecule has 0 atom stereocenters. The van der Waals surface area contributed by atoms with Gasteiger partial charge in [0.05, 0.1) is 5.69 Å². The van der Waals surface area contributed by atoms with Crippen LogP contribution in [0.5, 0.6) is 0 Å². The maximum atomic E-state index is 5.01. The Balaban J connectivity index is 1.91. The Kier molecular flexibility index (Phi) is 5.31. The molecule has 0 aliphatic heterocycles. The quantitative estimate of drug-likeness (QED) is 0.650. The van der Waals surface area contributed by atoms with Crippen LogP contribution in [-0.4, -0.2) is 5.71 Å². The molecule has 1 aliphatic rings. The first-order valence-electron chi connectivity index (χ1n) is 9.54. The number of hydrogen-bond donors (Lipinski definition) is 1. The fraction of sp³-hybridized carbons (Fsp3) is 0.375. The third-order valence-corrected chi connectivity index (χ3v) is 5.07. The molecule has 0 unspecified atom stereocenters. The molecule has 2 aromatic rings. The van der Waals surface area contributed by atoms with Crippen LogP contribution in [0.4, 0.5) is 11.4 Å². The molecule has 1 N–H and O–H groups in total. The van der Waals surface area contributed by atoms with E-state index in [0.29, 0.717) is 0 Å². The first-order chi connectivity index (χ1) is 12.3. The summed E-state index contributed by atoms with van der Waals surface area (Å²) in [4.78, 5) is 5.01. The van der Waals surface area contributed by atoms with Crippen molar-refractivity contribution in [3.63, 3.8) is 0 Å². The van der Waals surface area contributed by atoms with Gasteiger partial charge in [0.2, 0.25) is 0 Å². The second kappa shape index (κ2) is 7.49. The molecular formula is C24H30N2. The van der Waals surface area contributed by atoms with Crippen molar-refractivity contribution in [2.24, 2.45) is 4.99 Å². The van der Waals surface area contributed by atoms with Gasteiger partial charge in [-0.25, -0.2) is 0 Å². The molecule has 0 fully saturated rings. The lowest BCUT2D eigenvalue weighted by Crippen LogP contribution is -2.11. The fourth-order valence-electron chi connectivity index (χ4n) is 4.02. The van der Waals surface area contributed by atoms with Gasteiger partial charge in [0.1, 0.15) is 0 Å². The van der Waals surface area contributed by atoms with Crippen LogP contribution < -0.4 is 5.32 Å². The number of aliphatic imine (C=N–C) groups is 1. The zero-order valence-electron chi connectivity index (χ0n) is 17.0. The first-order valence-corrected chi connectivity index (χ1v) is 9.54. The standard InChI is InChI=1S/C24H30N2/c1-15-10-17(3)23(18(4)11-15)25-21-8-7-9-22(14-21)26-24-19(5)12-16(2)13-20(24)6/h10-14,25H,7-9H2,1-6H3. The van der Waals surface area contributed by atoms with Gasteiger partial charge in [0.25, 0.3) is 0 Å². The minimum atomic E-state index is 1.05. The normalized spacial score (nSPS) is 15.9. The smallest absolute Gasteiger partial charge is 0.0691 e.